The molecule has 0 saturated carbocycles. The first-order valence-corrected chi connectivity index (χ1v) is 8.12. The molecule has 1 aliphatic rings. The van der Waals surface area contributed by atoms with Gasteiger partial charge in [0.15, 0.2) is 5.69 Å². The van der Waals surface area contributed by atoms with Crippen molar-refractivity contribution in [1.82, 2.24) is 14.6 Å². The Morgan fingerprint density at radius 1 is 1.60 bits per heavy atom. The van der Waals surface area contributed by atoms with E-state index in [2.05, 4.69) is 21.5 Å². The molecule has 0 bridgehead atoms. The Kier molecular flexibility index (Phi) is 4.70. The molecule has 0 aromatic carbocycles. The molecule has 1 aromatic heterocycles. The highest BCUT2D eigenvalue weighted by Crippen LogP contribution is 2.17. The zero-order chi connectivity index (χ0) is 14.6. The number of sulfonamides is 1. The molecule has 2 heterocycles. The number of aromatic nitrogens is 1. The van der Waals surface area contributed by atoms with E-state index in [9.17, 15) is 8.42 Å². The summed E-state index contributed by atoms with van der Waals surface area (Å²) in [6, 6.07) is 4.73. The van der Waals surface area contributed by atoms with Crippen LogP contribution in [0.25, 0.3) is 0 Å². The van der Waals surface area contributed by atoms with Crippen LogP contribution in [0, 0.1) is 17.2 Å². The third kappa shape index (κ3) is 3.33. The molecule has 0 aliphatic carbocycles. The summed E-state index contributed by atoms with van der Waals surface area (Å²) in [7, 11) is -3.67. The maximum Gasteiger partial charge on any atom is 0.243 e. The van der Waals surface area contributed by atoms with Crippen LogP contribution in [0.2, 0.25) is 0 Å². The van der Waals surface area contributed by atoms with Crippen molar-refractivity contribution in [3.8, 4) is 6.07 Å². The van der Waals surface area contributed by atoms with E-state index in [-0.39, 0.29) is 10.6 Å². The van der Waals surface area contributed by atoms with Gasteiger partial charge < -0.3 is 4.90 Å². The molecule has 1 aromatic rings. The van der Waals surface area contributed by atoms with Crippen LogP contribution in [0.15, 0.2) is 23.2 Å². The van der Waals surface area contributed by atoms with Crippen molar-refractivity contribution in [2.24, 2.45) is 5.92 Å². The Hall–Kier alpha value is -1.49. The van der Waals surface area contributed by atoms with Crippen LogP contribution in [0.4, 0.5) is 0 Å². The fourth-order valence-electron chi connectivity index (χ4n) is 2.36. The Bertz CT molecular complexity index is 609. The highest BCUT2D eigenvalue weighted by molar-refractivity contribution is 7.89. The molecule has 1 unspecified atom stereocenters. The minimum Gasteiger partial charge on any atom is -0.303 e. The summed E-state index contributed by atoms with van der Waals surface area (Å²) in [6.45, 7) is 5.42. The van der Waals surface area contributed by atoms with E-state index in [0.717, 1.165) is 26.1 Å². The molecular weight excluding hydrogens is 276 g/mol. The standard InChI is InChI=1S/C13H18N4O2S/c1-2-17-7-5-11(10-17)9-16-20(18,19)13-4-3-6-15-12(13)8-14/h3-4,6,11,16H,2,5,7,9-10H2,1H3. The van der Waals surface area contributed by atoms with Gasteiger partial charge in [-0.3, -0.25) is 0 Å². The number of likely N-dealkylation sites (tertiary alicyclic amines) is 1. The molecule has 1 N–H and O–H groups in total. The minimum atomic E-state index is -3.67. The van der Waals surface area contributed by atoms with Crippen LogP contribution < -0.4 is 4.72 Å². The molecule has 0 amide bonds. The highest BCUT2D eigenvalue weighted by atomic mass is 32.2. The topological polar surface area (TPSA) is 86.1 Å². The molecule has 1 saturated heterocycles. The fraction of sp³-hybridized carbons (Fsp3) is 0.538. The molecule has 1 fully saturated rings. The van der Waals surface area contributed by atoms with Gasteiger partial charge in [-0.15, -0.1) is 0 Å². The number of hydrogen-bond acceptors (Lipinski definition) is 5. The van der Waals surface area contributed by atoms with Crippen molar-refractivity contribution >= 4 is 10.0 Å². The van der Waals surface area contributed by atoms with Crippen LogP contribution >= 0.6 is 0 Å². The maximum absolute atomic E-state index is 12.2. The smallest absolute Gasteiger partial charge is 0.243 e. The zero-order valence-corrected chi connectivity index (χ0v) is 12.2. The van der Waals surface area contributed by atoms with E-state index in [1.807, 2.05) is 6.07 Å². The predicted molar refractivity (Wildman–Crippen MR) is 74.4 cm³/mol. The van der Waals surface area contributed by atoms with E-state index in [1.165, 1.54) is 18.3 Å². The molecule has 0 radical (unpaired) electrons. The fourth-order valence-corrected chi connectivity index (χ4v) is 3.58. The number of nitriles is 1. The largest absolute Gasteiger partial charge is 0.303 e. The van der Waals surface area contributed by atoms with E-state index in [4.69, 9.17) is 5.26 Å². The summed E-state index contributed by atoms with van der Waals surface area (Å²) in [5.74, 6) is 0.326. The lowest BCUT2D eigenvalue weighted by Gasteiger charge is -2.14. The van der Waals surface area contributed by atoms with E-state index in [1.54, 1.807) is 0 Å². The SMILES string of the molecule is CCN1CCC(CNS(=O)(=O)c2cccnc2C#N)C1. The third-order valence-electron chi connectivity index (χ3n) is 3.55. The molecule has 1 atom stereocenters. The van der Waals surface area contributed by atoms with E-state index >= 15 is 0 Å². The Balaban J connectivity index is 2.03. The summed E-state index contributed by atoms with van der Waals surface area (Å²) < 4.78 is 27.0. The molecule has 7 heteroatoms. The van der Waals surface area contributed by atoms with Crippen molar-refractivity contribution in [1.29, 1.82) is 5.26 Å². The van der Waals surface area contributed by atoms with Crippen molar-refractivity contribution in [2.45, 2.75) is 18.2 Å². The number of pyridine rings is 1. The van der Waals surface area contributed by atoms with E-state index < -0.39 is 10.0 Å². The third-order valence-corrected chi connectivity index (χ3v) is 5.00. The number of rotatable bonds is 5. The minimum absolute atomic E-state index is 0.0483. The molecule has 1 aliphatic heterocycles. The van der Waals surface area contributed by atoms with Crippen LogP contribution in [0.1, 0.15) is 19.0 Å². The average molecular weight is 294 g/mol. The van der Waals surface area contributed by atoms with Crippen LogP contribution in [0.5, 0.6) is 0 Å². The Labute approximate surface area is 119 Å². The van der Waals surface area contributed by atoms with Crippen molar-refractivity contribution in [3.05, 3.63) is 24.0 Å². The van der Waals surface area contributed by atoms with Crippen molar-refractivity contribution in [2.75, 3.05) is 26.2 Å². The van der Waals surface area contributed by atoms with Crippen molar-refractivity contribution < 1.29 is 8.42 Å². The predicted octanol–water partition coefficient (Wildman–Crippen LogP) is 0.573. The Morgan fingerprint density at radius 2 is 2.40 bits per heavy atom. The molecule has 2 rings (SSSR count). The second-order valence-electron chi connectivity index (χ2n) is 4.86. The van der Waals surface area contributed by atoms with Gasteiger partial charge in [-0.2, -0.15) is 5.26 Å². The number of nitrogens with one attached hydrogen (secondary N) is 1. The highest BCUT2D eigenvalue weighted by Gasteiger charge is 2.24. The lowest BCUT2D eigenvalue weighted by atomic mass is 10.1. The monoisotopic (exact) mass is 294 g/mol. The van der Waals surface area contributed by atoms with Crippen LogP contribution in [-0.2, 0) is 10.0 Å². The summed E-state index contributed by atoms with van der Waals surface area (Å²) in [5, 5.41) is 8.92. The van der Waals surface area contributed by atoms with Gasteiger partial charge in [0.25, 0.3) is 0 Å². The van der Waals surface area contributed by atoms with E-state index in [0.29, 0.717) is 12.5 Å². The van der Waals surface area contributed by atoms with Gasteiger partial charge in [0, 0.05) is 19.3 Å². The van der Waals surface area contributed by atoms with Gasteiger partial charge in [0.2, 0.25) is 10.0 Å². The van der Waals surface area contributed by atoms with Gasteiger partial charge in [-0.25, -0.2) is 18.1 Å². The summed E-state index contributed by atoms with van der Waals surface area (Å²) in [4.78, 5) is 6.03. The lowest BCUT2D eigenvalue weighted by Crippen LogP contribution is -2.31. The van der Waals surface area contributed by atoms with Crippen molar-refractivity contribution in [3.63, 3.8) is 0 Å². The van der Waals surface area contributed by atoms with Gasteiger partial charge in [0.05, 0.1) is 0 Å². The van der Waals surface area contributed by atoms with Crippen LogP contribution in [0.3, 0.4) is 0 Å². The molecule has 6 nitrogen and oxygen atoms in total. The summed E-state index contributed by atoms with van der Waals surface area (Å²) in [6.07, 6.45) is 2.40. The normalized spacial score (nSPS) is 19.9. The van der Waals surface area contributed by atoms with Crippen LogP contribution in [-0.4, -0.2) is 44.5 Å². The summed E-state index contributed by atoms with van der Waals surface area (Å²) in [5.41, 5.74) is -0.0680. The van der Waals surface area contributed by atoms with Gasteiger partial charge in [-0.1, -0.05) is 6.92 Å². The molecule has 0 spiro atoms. The molecule has 20 heavy (non-hydrogen) atoms. The van der Waals surface area contributed by atoms with Gasteiger partial charge in [0.1, 0.15) is 11.0 Å². The molecule has 108 valence electrons. The summed E-state index contributed by atoms with van der Waals surface area (Å²) >= 11 is 0. The van der Waals surface area contributed by atoms with Gasteiger partial charge in [-0.05, 0) is 37.6 Å². The lowest BCUT2D eigenvalue weighted by molar-refractivity contribution is 0.342. The first-order valence-electron chi connectivity index (χ1n) is 6.64. The zero-order valence-electron chi connectivity index (χ0n) is 11.4. The quantitative estimate of drug-likeness (QED) is 0.858. The first-order chi connectivity index (χ1) is 9.56. The first kappa shape index (κ1) is 14.9. The Morgan fingerprint density at radius 3 is 3.05 bits per heavy atom. The second-order valence-corrected chi connectivity index (χ2v) is 6.60. The average Bonchev–Trinajstić information content (AvgIpc) is 2.93. The molecular formula is C13H18N4O2S. The number of nitrogens with zero attached hydrogens (tertiary/aromatic N) is 3. The maximum atomic E-state index is 12.2. The van der Waals surface area contributed by atoms with Gasteiger partial charge >= 0.3 is 0 Å². The second kappa shape index (κ2) is 6.31. The number of hydrogen-bond donors (Lipinski definition) is 1.